The SMILES string of the molecule is COCCN=C(NC(=O)c1cccc(C(F)(F)F)c1)OCC(C)C. The molecule has 24 heavy (non-hydrogen) atoms. The molecule has 0 unspecified atom stereocenters. The van der Waals surface area contributed by atoms with E-state index >= 15 is 0 Å². The summed E-state index contributed by atoms with van der Waals surface area (Å²) in [7, 11) is 1.51. The third-order valence-electron chi connectivity index (χ3n) is 2.78. The van der Waals surface area contributed by atoms with Crippen molar-refractivity contribution in [2.45, 2.75) is 20.0 Å². The third-order valence-corrected chi connectivity index (χ3v) is 2.78. The molecule has 0 saturated heterocycles. The second kappa shape index (κ2) is 9.27. The summed E-state index contributed by atoms with van der Waals surface area (Å²) in [6, 6.07) is 4.11. The molecule has 0 bridgehead atoms. The van der Waals surface area contributed by atoms with Gasteiger partial charge >= 0.3 is 6.18 Å². The van der Waals surface area contributed by atoms with E-state index in [0.717, 1.165) is 12.1 Å². The molecule has 5 nitrogen and oxygen atoms in total. The number of carbonyl (C=O) groups excluding carboxylic acids is 1. The number of aliphatic imine (C=N–C) groups is 1. The Kier molecular flexibility index (Phi) is 7.70. The van der Waals surface area contributed by atoms with Gasteiger partial charge in [-0.25, -0.2) is 4.99 Å². The summed E-state index contributed by atoms with van der Waals surface area (Å²) >= 11 is 0. The van der Waals surface area contributed by atoms with Gasteiger partial charge < -0.3 is 9.47 Å². The largest absolute Gasteiger partial charge is 0.465 e. The molecule has 0 atom stereocenters. The molecular formula is C16H21F3N2O3. The summed E-state index contributed by atoms with van der Waals surface area (Å²) < 4.78 is 48.4. The number of hydrogen-bond acceptors (Lipinski definition) is 4. The normalized spacial score (nSPS) is 12.4. The minimum absolute atomic E-state index is 0.0387. The zero-order valence-electron chi connectivity index (χ0n) is 13.8. The highest BCUT2D eigenvalue weighted by Gasteiger charge is 2.31. The number of nitrogens with zero attached hydrogens (tertiary/aromatic N) is 1. The van der Waals surface area contributed by atoms with Gasteiger partial charge in [0, 0.05) is 12.7 Å². The predicted octanol–water partition coefficient (Wildman–Crippen LogP) is 3.11. The first-order valence-electron chi connectivity index (χ1n) is 7.38. The summed E-state index contributed by atoms with van der Waals surface area (Å²) in [4.78, 5) is 16.2. The monoisotopic (exact) mass is 346 g/mol. The summed E-state index contributed by atoms with van der Waals surface area (Å²) in [5.74, 6) is -0.524. The lowest BCUT2D eigenvalue weighted by Crippen LogP contribution is -2.34. The number of rotatable bonds is 6. The van der Waals surface area contributed by atoms with Gasteiger partial charge in [-0.2, -0.15) is 13.2 Å². The number of benzene rings is 1. The van der Waals surface area contributed by atoms with Crippen LogP contribution >= 0.6 is 0 Å². The molecule has 1 rings (SSSR count). The molecule has 0 aliphatic rings. The van der Waals surface area contributed by atoms with Gasteiger partial charge in [0.05, 0.1) is 25.3 Å². The summed E-state index contributed by atoms with van der Waals surface area (Å²) in [6.07, 6.45) is -4.51. The molecule has 134 valence electrons. The Hall–Kier alpha value is -2.09. The molecule has 0 heterocycles. The summed E-state index contributed by atoms with van der Waals surface area (Å²) in [5, 5.41) is 2.39. The number of carbonyl (C=O) groups is 1. The number of nitrogens with one attached hydrogen (secondary N) is 1. The van der Waals surface area contributed by atoms with Crippen LogP contribution in [0.2, 0.25) is 0 Å². The maximum atomic E-state index is 12.7. The van der Waals surface area contributed by atoms with E-state index in [1.807, 2.05) is 13.8 Å². The Morgan fingerprint density at radius 2 is 2.04 bits per heavy atom. The Bertz CT molecular complexity index is 572. The molecule has 1 amide bonds. The van der Waals surface area contributed by atoms with Gasteiger partial charge in [-0.1, -0.05) is 19.9 Å². The van der Waals surface area contributed by atoms with E-state index in [4.69, 9.17) is 9.47 Å². The molecule has 0 aliphatic heterocycles. The molecule has 0 fully saturated rings. The van der Waals surface area contributed by atoms with E-state index in [-0.39, 0.29) is 24.0 Å². The van der Waals surface area contributed by atoms with Crippen molar-refractivity contribution < 1.29 is 27.4 Å². The van der Waals surface area contributed by atoms with Crippen molar-refractivity contribution in [2.75, 3.05) is 26.9 Å². The van der Waals surface area contributed by atoms with Crippen LogP contribution < -0.4 is 5.32 Å². The fourth-order valence-corrected chi connectivity index (χ4v) is 1.61. The highest BCUT2D eigenvalue weighted by atomic mass is 19.4. The second-order valence-electron chi connectivity index (χ2n) is 5.42. The Balaban J connectivity index is 2.85. The van der Waals surface area contributed by atoms with Crippen LogP contribution in [0.3, 0.4) is 0 Å². The predicted molar refractivity (Wildman–Crippen MR) is 83.9 cm³/mol. The van der Waals surface area contributed by atoms with Crippen LogP contribution in [-0.2, 0) is 15.7 Å². The summed E-state index contributed by atoms with van der Waals surface area (Å²) in [5.41, 5.74) is -1.02. The quantitative estimate of drug-likeness (QED) is 0.489. The van der Waals surface area contributed by atoms with Crippen molar-refractivity contribution in [3.63, 3.8) is 0 Å². The Morgan fingerprint density at radius 1 is 1.33 bits per heavy atom. The summed E-state index contributed by atoms with van der Waals surface area (Å²) in [6.45, 7) is 4.73. The molecule has 8 heteroatoms. The topological polar surface area (TPSA) is 59.9 Å². The van der Waals surface area contributed by atoms with Crippen molar-refractivity contribution in [3.8, 4) is 0 Å². The van der Waals surface area contributed by atoms with Gasteiger partial charge in [0.25, 0.3) is 11.9 Å². The van der Waals surface area contributed by atoms with Crippen molar-refractivity contribution >= 4 is 11.9 Å². The van der Waals surface area contributed by atoms with Crippen LogP contribution in [0.5, 0.6) is 0 Å². The van der Waals surface area contributed by atoms with E-state index in [2.05, 4.69) is 10.3 Å². The van der Waals surface area contributed by atoms with Crippen molar-refractivity contribution in [1.29, 1.82) is 0 Å². The van der Waals surface area contributed by atoms with Crippen molar-refractivity contribution in [3.05, 3.63) is 35.4 Å². The average Bonchev–Trinajstić information content (AvgIpc) is 2.51. The number of amides is 1. The standard InChI is InChI=1S/C16H21F3N2O3/c1-11(2)10-24-15(20-7-8-23-3)21-14(22)12-5-4-6-13(9-12)16(17,18)19/h4-6,9,11H,7-8,10H2,1-3H3,(H,20,21,22). The molecule has 0 aromatic heterocycles. The van der Waals surface area contributed by atoms with Crippen LogP contribution in [0.15, 0.2) is 29.3 Å². The maximum Gasteiger partial charge on any atom is 0.416 e. The van der Waals surface area contributed by atoms with E-state index in [1.165, 1.54) is 19.2 Å². The molecule has 0 aliphatic carbocycles. The van der Waals surface area contributed by atoms with E-state index in [0.29, 0.717) is 13.2 Å². The molecule has 1 aromatic carbocycles. The zero-order valence-corrected chi connectivity index (χ0v) is 13.8. The van der Waals surface area contributed by atoms with Gasteiger partial charge in [-0.15, -0.1) is 0 Å². The smallest absolute Gasteiger partial charge is 0.416 e. The number of methoxy groups -OCH3 is 1. The van der Waals surface area contributed by atoms with E-state index in [1.54, 1.807) is 0 Å². The zero-order chi connectivity index (χ0) is 18.2. The Labute approximate surface area is 138 Å². The third kappa shape index (κ3) is 6.99. The van der Waals surface area contributed by atoms with Crippen LogP contribution in [0.25, 0.3) is 0 Å². The van der Waals surface area contributed by atoms with Crippen molar-refractivity contribution in [2.24, 2.45) is 10.9 Å². The number of hydrogen-bond donors (Lipinski definition) is 1. The van der Waals surface area contributed by atoms with Gasteiger partial charge in [0.1, 0.15) is 0 Å². The van der Waals surface area contributed by atoms with Gasteiger partial charge in [-0.3, -0.25) is 10.1 Å². The average molecular weight is 346 g/mol. The number of ether oxygens (including phenoxy) is 2. The number of amidine groups is 1. The molecule has 1 N–H and O–H groups in total. The van der Waals surface area contributed by atoms with Gasteiger partial charge in [-0.05, 0) is 24.1 Å². The highest BCUT2D eigenvalue weighted by Crippen LogP contribution is 2.29. The second-order valence-corrected chi connectivity index (χ2v) is 5.42. The van der Waals surface area contributed by atoms with Gasteiger partial charge in [0.15, 0.2) is 0 Å². The number of halogens is 3. The van der Waals surface area contributed by atoms with Crippen LogP contribution in [0, 0.1) is 5.92 Å². The van der Waals surface area contributed by atoms with Crippen LogP contribution in [-0.4, -0.2) is 38.8 Å². The van der Waals surface area contributed by atoms with Gasteiger partial charge in [0.2, 0.25) is 0 Å². The lowest BCUT2D eigenvalue weighted by atomic mass is 10.1. The minimum atomic E-state index is -4.51. The lowest BCUT2D eigenvalue weighted by molar-refractivity contribution is -0.137. The molecule has 1 aromatic rings. The molecule has 0 spiro atoms. The first kappa shape index (κ1) is 20.0. The number of alkyl halides is 3. The lowest BCUT2D eigenvalue weighted by Gasteiger charge is -2.13. The van der Waals surface area contributed by atoms with E-state index < -0.39 is 17.6 Å². The fourth-order valence-electron chi connectivity index (χ4n) is 1.61. The minimum Gasteiger partial charge on any atom is -0.465 e. The molecule has 0 saturated carbocycles. The maximum absolute atomic E-state index is 12.7. The Morgan fingerprint density at radius 3 is 2.62 bits per heavy atom. The highest BCUT2D eigenvalue weighted by molar-refractivity contribution is 6.04. The molecule has 0 radical (unpaired) electrons. The first-order valence-corrected chi connectivity index (χ1v) is 7.38. The first-order chi connectivity index (χ1) is 11.2. The van der Waals surface area contributed by atoms with Crippen LogP contribution in [0.1, 0.15) is 29.8 Å². The van der Waals surface area contributed by atoms with E-state index in [9.17, 15) is 18.0 Å². The molecular weight excluding hydrogens is 325 g/mol. The van der Waals surface area contributed by atoms with Crippen molar-refractivity contribution in [1.82, 2.24) is 5.32 Å². The fraction of sp³-hybridized carbons (Fsp3) is 0.500. The van der Waals surface area contributed by atoms with Crippen LogP contribution in [0.4, 0.5) is 13.2 Å².